The average molecular weight is 642 g/mol. The van der Waals surface area contributed by atoms with Crippen molar-refractivity contribution in [3.05, 3.63) is 79.9 Å². The molecule has 0 spiro atoms. The van der Waals surface area contributed by atoms with Crippen LogP contribution in [0.1, 0.15) is 11.1 Å². The predicted molar refractivity (Wildman–Crippen MR) is 119 cm³/mol. The molecule has 0 aromatic heterocycles. The normalized spacial score (nSPS) is 11.5. The van der Waals surface area contributed by atoms with Crippen molar-refractivity contribution in [2.75, 3.05) is 0 Å². The number of hydrogen-bond donors (Lipinski definition) is 2. The van der Waals surface area contributed by atoms with Crippen molar-refractivity contribution < 1.29 is 30.9 Å². The Bertz CT molecular complexity index is 906. The summed E-state index contributed by atoms with van der Waals surface area (Å²) in [6.45, 7) is 0. The summed E-state index contributed by atoms with van der Waals surface area (Å²) in [7, 11) is 0. The van der Waals surface area contributed by atoms with Gasteiger partial charge in [-0.15, -0.1) is 0 Å². The zero-order chi connectivity index (χ0) is 22.5. The zero-order valence-corrected chi connectivity index (χ0v) is 19.3. The molecule has 2 aromatic rings. The maximum Gasteiger partial charge on any atom is 2.00 e. The van der Waals surface area contributed by atoms with Gasteiger partial charge < -0.3 is 36.7 Å². The van der Waals surface area contributed by atoms with Gasteiger partial charge in [-0.25, -0.2) is 0 Å². The van der Waals surface area contributed by atoms with E-state index in [2.05, 4.69) is 45.7 Å². The fourth-order valence-corrected chi connectivity index (χ4v) is 1.76. The predicted octanol–water partition coefficient (Wildman–Crippen LogP) is 1.58. The van der Waals surface area contributed by atoms with Crippen molar-refractivity contribution in [2.45, 2.75) is 0 Å². The SMILES string of the molecule is N/C([S-])=N/N=C/c1ccc([N+](=O)[O-])cc1.N/C([S-])=N/N=C/c1ccc([N+](=O)[O-])cc1.[Pt+2]. The van der Waals surface area contributed by atoms with Crippen LogP contribution in [0.3, 0.4) is 0 Å². The van der Waals surface area contributed by atoms with Crippen LogP contribution >= 0.6 is 0 Å². The molecule has 0 fully saturated rings. The van der Waals surface area contributed by atoms with Crippen LogP contribution in [0.25, 0.3) is 0 Å². The first-order chi connectivity index (χ1) is 14.2. The topological polar surface area (TPSA) is 188 Å². The summed E-state index contributed by atoms with van der Waals surface area (Å²) in [5.74, 6) is 0. The van der Waals surface area contributed by atoms with E-state index in [0.717, 1.165) is 0 Å². The minimum Gasteiger partial charge on any atom is -0.741 e. The monoisotopic (exact) mass is 641 g/mol. The standard InChI is InChI=1S/2C8H8N4O2S.Pt/c2*9-8(15)11-10-5-6-1-3-7(4-2-6)12(13)14;/h2*1-5H,(H3,9,11,15);/q;;+2/p-2/b2*10-5+;. The summed E-state index contributed by atoms with van der Waals surface area (Å²) in [4.78, 5) is 19.7. The Morgan fingerprint density at radius 1 is 0.742 bits per heavy atom. The van der Waals surface area contributed by atoms with Crippen molar-refractivity contribution in [3.8, 4) is 0 Å². The van der Waals surface area contributed by atoms with Crippen molar-refractivity contribution in [1.29, 1.82) is 0 Å². The Balaban J connectivity index is 0.000000562. The van der Waals surface area contributed by atoms with Crippen molar-refractivity contribution >= 4 is 59.4 Å². The molecular weight excluding hydrogens is 627 g/mol. The number of amidine groups is 2. The van der Waals surface area contributed by atoms with E-state index in [0.29, 0.717) is 11.1 Å². The fraction of sp³-hybridized carbons (Fsp3) is 0. The van der Waals surface area contributed by atoms with Crippen LogP contribution in [-0.2, 0) is 46.3 Å². The number of benzene rings is 2. The maximum absolute atomic E-state index is 10.3. The molecule has 0 unspecified atom stereocenters. The number of hydrogen-bond acceptors (Lipinski definition) is 10. The molecule has 31 heavy (non-hydrogen) atoms. The smallest absolute Gasteiger partial charge is 0.741 e. The molecule has 0 amide bonds. The third-order valence-electron chi connectivity index (χ3n) is 2.93. The molecule has 0 aliphatic rings. The number of non-ortho nitro benzene ring substituents is 2. The zero-order valence-electron chi connectivity index (χ0n) is 15.4. The van der Waals surface area contributed by atoms with Gasteiger partial charge in [-0.1, -0.05) is 0 Å². The molecule has 12 nitrogen and oxygen atoms in total. The Labute approximate surface area is 201 Å². The molecule has 4 N–H and O–H groups in total. The molecule has 0 aliphatic heterocycles. The first-order valence-electron chi connectivity index (χ1n) is 7.75. The molecular formula is C16H14N8O4PtS2. The van der Waals surface area contributed by atoms with E-state index >= 15 is 0 Å². The van der Waals surface area contributed by atoms with Crippen molar-refractivity contribution in [2.24, 2.45) is 31.9 Å². The van der Waals surface area contributed by atoms with E-state index in [9.17, 15) is 20.2 Å². The van der Waals surface area contributed by atoms with E-state index in [4.69, 9.17) is 11.5 Å². The molecule has 0 radical (unpaired) electrons. The van der Waals surface area contributed by atoms with E-state index in [-0.39, 0.29) is 42.8 Å². The van der Waals surface area contributed by atoms with Gasteiger partial charge in [0.2, 0.25) is 0 Å². The minimum absolute atomic E-state index is 0. The van der Waals surface area contributed by atoms with Crippen LogP contribution < -0.4 is 11.5 Å². The third-order valence-corrected chi connectivity index (χ3v) is 3.10. The Hall–Kier alpha value is -3.35. The maximum atomic E-state index is 10.3. The summed E-state index contributed by atoms with van der Waals surface area (Å²) in [5, 5.41) is 34.6. The summed E-state index contributed by atoms with van der Waals surface area (Å²) in [5.41, 5.74) is 11.6. The van der Waals surface area contributed by atoms with Crippen LogP contribution in [0.2, 0.25) is 0 Å². The Kier molecular flexibility index (Phi) is 13.0. The van der Waals surface area contributed by atoms with Gasteiger partial charge in [0.1, 0.15) is 0 Å². The fourth-order valence-electron chi connectivity index (χ4n) is 1.67. The van der Waals surface area contributed by atoms with Crippen LogP contribution in [-0.4, -0.2) is 32.6 Å². The summed E-state index contributed by atoms with van der Waals surface area (Å²) < 4.78 is 0. The van der Waals surface area contributed by atoms with Gasteiger partial charge >= 0.3 is 21.1 Å². The van der Waals surface area contributed by atoms with E-state index in [1.165, 1.54) is 36.7 Å². The van der Waals surface area contributed by atoms with Crippen molar-refractivity contribution in [3.63, 3.8) is 0 Å². The van der Waals surface area contributed by atoms with Gasteiger partial charge in [0, 0.05) is 24.3 Å². The second kappa shape index (κ2) is 14.6. The largest absolute Gasteiger partial charge is 2.00 e. The second-order valence-corrected chi connectivity index (χ2v) is 5.90. The molecule has 0 saturated carbocycles. The summed E-state index contributed by atoms with van der Waals surface area (Å²) >= 11 is 8.95. The van der Waals surface area contributed by atoms with Crippen LogP contribution in [0.5, 0.6) is 0 Å². The Morgan fingerprint density at radius 2 is 1.03 bits per heavy atom. The number of nitrogens with two attached hydrogens (primary N) is 2. The molecule has 2 rings (SSSR count). The van der Waals surface area contributed by atoms with Crippen LogP contribution in [0, 0.1) is 20.2 Å². The number of rotatable bonds is 6. The summed E-state index contributed by atoms with van der Waals surface area (Å²) in [6, 6.07) is 11.7. The minimum atomic E-state index is -0.472. The first kappa shape index (κ1) is 27.6. The molecule has 0 saturated heterocycles. The number of nitro groups is 2. The van der Waals surface area contributed by atoms with E-state index in [1.54, 1.807) is 24.3 Å². The summed E-state index contributed by atoms with van der Waals surface area (Å²) in [6.07, 6.45) is 2.81. The van der Waals surface area contributed by atoms with Gasteiger partial charge in [0.05, 0.1) is 22.3 Å². The average Bonchev–Trinajstić information content (AvgIpc) is 2.69. The quantitative estimate of drug-likeness (QED) is 0.156. The number of nitrogens with zero attached hydrogens (tertiary/aromatic N) is 6. The third kappa shape index (κ3) is 12.1. The first-order valence-corrected chi connectivity index (χ1v) is 8.56. The van der Waals surface area contributed by atoms with Gasteiger partial charge in [-0.2, -0.15) is 20.4 Å². The van der Waals surface area contributed by atoms with Crippen LogP contribution in [0.4, 0.5) is 11.4 Å². The molecule has 0 bridgehead atoms. The molecule has 164 valence electrons. The van der Waals surface area contributed by atoms with Gasteiger partial charge in [0.15, 0.2) is 0 Å². The van der Waals surface area contributed by atoms with Gasteiger partial charge in [-0.05, 0) is 45.7 Å². The number of nitro benzene ring substituents is 2. The van der Waals surface area contributed by atoms with E-state index < -0.39 is 9.85 Å². The Morgan fingerprint density at radius 3 is 1.26 bits per heavy atom. The van der Waals surface area contributed by atoms with Gasteiger partial charge in [0.25, 0.3) is 11.4 Å². The van der Waals surface area contributed by atoms with E-state index in [1.807, 2.05) is 0 Å². The molecule has 15 heteroatoms. The van der Waals surface area contributed by atoms with Gasteiger partial charge in [-0.3, -0.25) is 20.2 Å². The van der Waals surface area contributed by atoms with Crippen molar-refractivity contribution in [1.82, 2.24) is 0 Å². The second-order valence-electron chi connectivity index (χ2n) is 5.06. The molecule has 2 aromatic carbocycles. The molecule has 0 aliphatic carbocycles. The molecule has 0 atom stereocenters. The molecule has 0 heterocycles. The van der Waals surface area contributed by atoms with Crippen LogP contribution in [0.15, 0.2) is 68.9 Å².